The van der Waals surface area contributed by atoms with Gasteiger partial charge in [0.25, 0.3) is 0 Å². The molecular formula is C12H20O2. The number of hydrogen-bond acceptors (Lipinski definition) is 2. The quantitative estimate of drug-likeness (QED) is 0.482. The third-order valence-corrected chi connectivity index (χ3v) is 2.71. The van der Waals surface area contributed by atoms with Crippen LogP contribution in [0.2, 0.25) is 0 Å². The van der Waals surface area contributed by atoms with E-state index < -0.39 is 0 Å². The second kappa shape index (κ2) is 5.97. The molecule has 14 heavy (non-hydrogen) atoms. The third kappa shape index (κ3) is 4.05. The standard InChI is InChI=1S/C12H20O2/c1-10(2)6-8-14-9-7-11-4-3-5-12(11)13/h11H,1,3-9H2,2H3. The highest BCUT2D eigenvalue weighted by Gasteiger charge is 2.23. The minimum Gasteiger partial charge on any atom is -0.381 e. The number of carbonyl (C=O) groups excluding carboxylic acids is 1. The zero-order chi connectivity index (χ0) is 10.4. The van der Waals surface area contributed by atoms with Crippen LogP contribution in [0, 0.1) is 5.92 Å². The van der Waals surface area contributed by atoms with Crippen LogP contribution in [0.1, 0.15) is 39.0 Å². The Hall–Kier alpha value is -0.630. The molecule has 1 aliphatic carbocycles. The predicted molar refractivity (Wildman–Crippen MR) is 57.2 cm³/mol. The lowest BCUT2D eigenvalue weighted by molar-refractivity contribution is -0.121. The first kappa shape index (κ1) is 11.4. The summed E-state index contributed by atoms with van der Waals surface area (Å²) in [4.78, 5) is 11.3. The highest BCUT2D eigenvalue weighted by Crippen LogP contribution is 2.23. The number of ether oxygens (including phenoxy) is 1. The van der Waals surface area contributed by atoms with Gasteiger partial charge in [-0.25, -0.2) is 0 Å². The Kier molecular flexibility index (Phi) is 4.88. The first-order valence-electron chi connectivity index (χ1n) is 5.45. The second-order valence-corrected chi connectivity index (χ2v) is 4.16. The topological polar surface area (TPSA) is 26.3 Å². The molecule has 0 bridgehead atoms. The van der Waals surface area contributed by atoms with Crippen molar-refractivity contribution in [3.05, 3.63) is 12.2 Å². The van der Waals surface area contributed by atoms with E-state index in [4.69, 9.17) is 4.74 Å². The van der Waals surface area contributed by atoms with Gasteiger partial charge in [0.2, 0.25) is 0 Å². The molecule has 1 atom stereocenters. The number of ketones is 1. The molecule has 0 amide bonds. The molecule has 1 fully saturated rings. The van der Waals surface area contributed by atoms with E-state index in [1.807, 2.05) is 6.92 Å². The number of carbonyl (C=O) groups is 1. The molecule has 2 heteroatoms. The summed E-state index contributed by atoms with van der Waals surface area (Å²) in [6.07, 6.45) is 4.78. The van der Waals surface area contributed by atoms with Crippen LogP contribution in [0.5, 0.6) is 0 Å². The van der Waals surface area contributed by atoms with Crippen molar-refractivity contribution in [3.63, 3.8) is 0 Å². The van der Waals surface area contributed by atoms with Crippen LogP contribution in [0.25, 0.3) is 0 Å². The second-order valence-electron chi connectivity index (χ2n) is 4.16. The van der Waals surface area contributed by atoms with Crippen molar-refractivity contribution >= 4 is 5.78 Å². The Morgan fingerprint density at radius 3 is 2.93 bits per heavy atom. The first-order valence-corrected chi connectivity index (χ1v) is 5.45. The molecule has 1 unspecified atom stereocenters. The van der Waals surface area contributed by atoms with Crippen LogP contribution in [0.4, 0.5) is 0 Å². The molecule has 0 aromatic carbocycles. The van der Waals surface area contributed by atoms with E-state index in [-0.39, 0.29) is 0 Å². The summed E-state index contributed by atoms with van der Waals surface area (Å²) in [5.74, 6) is 0.730. The van der Waals surface area contributed by atoms with E-state index in [2.05, 4.69) is 6.58 Å². The van der Waals surface area contributed by atoms with E-state index >= 15 is 0 Å². The summed E-state index contributed by atoms with van der Waals surface area (Å²) in [5.41, 5.74) is 1.15. The maximum absolute atomic E-state index is 11.3. The van der Waals surface area contributed by atoms with Gasteiger partial charge in [-0.2, -0.15) is 0 Å². The Labute approximate surface area is 86.3 Å². The van der Waals surface area contributed by atoms with Crippen LogP contribution in [-0.2, 0) is 9.53 Å². The third-order valence-electron chi connectivity index (χ3n) is 2.71. The zero-order valence-corrected chi connectivity index (χ0v) is 9.05. The summed E-state index contributed by atoms with van der Waals surface area (Å²) < 4.78 is 5.44. The smallest absolute Gasteiger partial charge is 0.136 e. The molecule has 0 spiro atoms. The molecule has 0 saturated heterocycles. The largest absolute Gasteiger partial charge is 0.381 e. The predicted octanol–water partition coefficient (Wildman–Crippen LogP) is 2.73. The summed E-state index contributed by atoms with van der Waals surface area (Å²) in [5, 5.41) is 0. The molecule has 80 valence electrons. The van der Waals surface area contributed by atoms with Crippen LogP contribution in [0.15, 0.2) is 12.2 Å². The van der Waals surface area contributed by atoms with Crippen LogP contribution in [0.3, 0.4) is 0 Å². The van der Waals surface area contributed by atoms with Crippen molar-refractivity contribution in [2.75, 3.05) is 13.2 Å². The molecule has 1 rings (SSSR count). The van der Waals surface area contributed by atoms with E-state index in [0.29, 0.717) is 11.7 Å². The lowest BCUT2D eigenvalue weighted by Gasteiger charge is -2.08. The lowest BCUT2D eigenvalue weighted by Crippen LogP contribution is -2.10. The maximum atomic E-state index is 11.3. The summed E-state index contributed by atoms with van der Waals surface area (Å²) in [6.45, 7) is 7.28. The normalized spacial score (nSPS) is 21.5. The highest BCUT2D eigenvalue weighted by molar-refractivity contribution is 5.82. The fraction of sp³-hybridized carbons (Fsp3) is 0.750. The number of rotatable bonds is 6. The van der Waals surface area contributed by atoms with Gasteiger partial charge in [0.1, 0.15) is 5.78 Å². The van der Waals surface area contributed by atoms with Crippen LogP contribution < -0.4 is 0 Å². The highest BCUT2D eigenvalue weighted by atomic mass is 16.5. The van der Waals surface area contributed by atoms with Gasteiger partial charge in [0, 0.05) is 18.9 Å². The van der Waals surface area contributed by atoms with Crippen molar-refractivity contribution in [3.8, 4) is 0 Å². The van der Waals surface area contributed by atoms with E-state index in [1.165, 1.54) is 0 Å². The van der Waals surface area contributed by atoms with Gasteiger partial charge in [0.05, 0.1) is 6.61 Å². The van der Waals surface area contributed by atoms with Gasteiger partial charge < -0.3 is 4.74 Å². The van der Waals surface area contributed by atoms with Gasteiger partial charge in [-0.1, -0.05) is 5.57 Å². The molecule has 0 N–H and O–H groups in total. The van der Waals surface area contributed by atoms with Crippen LogP contribution in [-0.4, -0.2) is 19.0 Å². The van der Waals surface area contributed by atoms with Crippen molar-refractivity contribution in [2.45, 2.75) is 39.0 Å². The lowest BCUT2D eigenvalue weighted by atomic mass is 10.0. The average molecular weight is 196 g/mol. The van der Waals surface area contributed by atoms with Gasteiger partial charge in [-0.15, -0.1) is 6.58 Å². The molecule has 0 aromatic heterocycles. The molecule has 1 saturated carbocycles. The summed E-state index contributed by atoms with van der Waals surface area (Å²) in [7, 11) is 0. The van der Waals surface area contributed by atoms with E-state index in [0.717, 1.165) is 50.9 Å². The first-order chi connectivity index (χ1) is 6.70. The van der Waals surface area contributed by atoms with E-state index in [9.17, 15) is 4.79 Å². The van der Waals surface area contributed by atoms with Gasteiger partial charge in [-0.05, 0) is 32.6 Å². The fourth-order valence-electron chi connectivity index (χ4n) is 1.77. The van der Waals surface area contributed by atoms with Gasteiger partial charge in [-0.3, -0.25) is 4.79 Å². The van der Waals surface area contributed by atoms with Crippen molar-refractivity contribution in [2.24, 2.45) is 5.92 Å². The SMILES string of the molecule is C=C(C)CCOCCC1CCCC1=O. The van der Waals surface area contributed by atoms with Crippen molar-refractivity contribution in [1.29, 1.82) is 0 Å². The Morgan fingerprint density at radius 2 is 2.36 bits per heavy atom. The molecule has 0 aliphatic heterocycles. The minimum absolute atomic E-state index is 0.292. The molecule has 0 aromatic rings. The summed E-state index contributed by atoms with van der Waals surface area (Å²) >= 11 is 0. The fourth-order valence-corrected chi connectivity index (χ4v) is 1.77. The summed E-state index contributed by atoms with van der Waals surface area (Å²) in [6, 6.07) is 0. The molecule has 0 heterocycles. The monoisotopic (exact) mass is 196 g/mol. The molecule has 0 radical (unpaired) electrons. The molecule has 2 nitrogen and oxygen atoms in total. The Bertz CT molecular complexity index is 208. The van der Waals surface area contributed by atoms with Crippen molar-refractivity contribution < 1.29 is 9.53 Å². The van der Waals surface area contributed by atoms with Crippen molar-refractivity contribution in [1.82, 2.24) is 0 Å². The number of Topliss-reactive ketones (excluding diaryl/α,β-unsaturated/α-hetero) is 1. The van der Waals surface area contributed by atoms with Gasteiger partial charge in [0.15, 0.2) is 0 Å². The number of hydrogen-bond donors (Lipinski definition) is 0. The maximum Gasteiger partial charge on any atom is 0.136 e. The van der Waals surface area contributed by atoms with E-state index in [1.54, 1.807) is 0 Å². The minimum atomic E-state index is 0.292. The Balaban J connectivity index is 1.98. The molecular weight excluding hydrogens is 176 g/mol. The zero-order valence-electron chi connectivity index (χ0n) is 9.05. The van der Waals surface area contributed by atoms with Crippen LogP contribution >= 0.6 is 0 Å². The molecule has 1 aliphatic rings. The van der Waals surface area contributed by atoms with Gasteiger partial charge >= 0.3 is 0 Å². The Morgan fingerprint density at radius 1 is 1.57 bits per heavy atom. The average Bonchev–Trinajstić information content (AvgIpc) is 2.51.